The van der Waals surface area contributed by atoms with Crippen LogP contribution in [0, 0.1) is 23.5 Å². The maximum Gasteiger partial charge on any atom is 0.283 e. The number of carbonyl (C=O) groups is 1. The molecule has 0 radical (unpaired) electrons. The summed E-state index contributed by atoms with van der Waals surface area (Å²) in [5.41, 5.74) is -0.626. The van der Waals surface area contributed by atoms with Gasteiger partial charge in [0.15, 0.2) is 25.5 Å². The number of hydrogen-bond acceptors (Lipinski definition) is 8. The van der Waals surface area contributed by atoms with Crippen molar-refractivity contribution in [2.45, 2.75) is 80.6 Å². The van der Waals surface area contributed by atoms with Crippen LogP contribution < -0.4 is 0 Å². The molecule has 0 saturated heterocycles. The Kier molecular flexibility index (Phi) is 12.5. The number of fused-ring (bicyclic) bond motifs is 1. The molecule has 59 heavy (non-hydrogen) atoms. The van der Waals surface area contributed by atoms with Crippen LogP contribution in [0.1, 0.15) is 85.9 Å². The van der Waals surface area contributed by atoms with Crippen molar-refractivity contribution >= 4 is 63.9 Å². The highest BCUT2D eigenvalue weighted by Gasteiger charge is 2.45. The van der Waals surface area contributed by atoms with E-state index in [9.17, 15) is 48.0 Å². The van der Waals surface area contributed by atoms with Gasteiger partial charge in [-0.05, 0) is 90.9 Å². The highest BCUT2D eigenvalue weighted by Crippen LogP contribution is 2.41. The maximum absolute atomic E-state index is 14.6. The highest BCUT2D eigenvalue weighted by atomic mass is 79.9. The van der Waals surface area contributed by atoms with Gasteiger partial charge < -0.3 is 0 Å². The first kappa shape index (κ1) is 44.3. The number of aromatic nitrogens is 5. The minimum atomic E-state index is -3.66. The van der Waals surface area contributed by atoms with Crippen LogP contribution in [0.4, 0.5) is 26.3 Å². The third-order valence-electron chi connectivity index (χ3n) is 9.75. The molecule has 1 atom stereocenters. The van der Waals surface area contributed by atoms with Gasteiger partial charge in [-0.25, -0.2) is 48.2 Å². The van der Waals surface area contributed by atoms with Gasteiger partial charge in [0, 0.05) is 48.2 Å². The molecule has 2 aromatic carbocycles. The number of carbonyl (C=O) groups excluding carboxylic acids is 1. The van der Waals surface area contributed by atoms with Crippen molar-refractivity contribution in [3.05, 3.63) is 97.6 Å². The average molecular weight is 947 g/mol. The molecule has 3 aromatic heterocycles. The number of ketones is 1. The Morgan fingerprint density at radius 2 is 1.61 bits per heavy atom. The van der Waals surface area contributed by atoms with Crippen LogP contribution >= 0.6 is 27.5 Å². The lowest BCUT2D eigenvalue weighted by Gasteiger charge is -2.21. The summed E-state index contributed by atoms with van der Waals surface area (Å²) in [6.45, 7) is 2.03. The van der Waals surface area contributed by atoms with Gasteiger partial charge in [-0.15, -0.1) is 0 Å². The van der Waals surface area contributed by atoms with Crippen molar-refractivity contribution in [1.82, 2.24) is 24.5 Å². The van der Waals surface area contributed by atoms with Crippen LogP contribution in [0.5, 0.6) is 0 Å². The Morgan fingerprint density at radius 1 is 0.966 bits per heavy atom. The number of pyridine rings is 1. The lowest BCUT2D eigenvalue weighted by atomic mass is 9.86. The van der Waals surface area contributed by atoms with Crippen molar-refractivity contribution in [1.29, 1.82) is 0 Å². The van der Waals surface area contributed by atoms with Crippen LogP contribution in [0.15, 0.2) is 46.9 Å². The van der Waals surface area contributed by atoms with Gasteiger partial charge in [0.2, 0.25) is 0 Å². The topological polar surface area (TPSA) is 134 Å². The van der Waals surface area contributed by atoms with Gasteiger partial charge in [-0.3, -0.25) is 14.2 Å². The molecule has 0 spiro atoms. The minimum absolute atomic E-state index is 0.0382. The number of nitrogens with zero attached hydrogens (tertiary/aromatic N) is 5. The first-order valence-electron chi connectivity index (χ1n) is 17.9. The van der Waals surface area contributed by atoms with E-state index in [0.717, 1.165) is 18.4 Å². The van der Waals surface area contributed by atoms with E-state index < -0.39 is 100 Å². The van der Waals surface area contributed by atoms with Crippen LogP contribution in [-0.4, -0.2) is 63.4 Å². The van der Waals surface area contributed by atoms with E-state index in [0.29, 0.717) is 40.2 Å². The molecule has 0 bridgehead atoms. The molecule has 1 aliphatic rings. The van der Waals surface area contributed by atoms with Crippen LogP contribution in [0.3, 0.4) is 0 Å². The fourth-order valence-corrected chi connectivity index (χ4v) is 10.3. The Balaban J connectivity index is 1.56. The number of rotatable bonds is 14. The van der Waals surface area contributed by atoms with E-state index in [-0.39, 0.29) is 39.5 Å². The predicted octanol–water partition coefficient (Wildman–Crippen LogP) is 8.64. The van der Waals surface area contributed by atoms with Crippen LogP contribution in [-0.2, 0) is 50.2 Å². The number of aryl methyl sites for hydroxylation is 1. The van der Waals surface area contributed by atoms with E-state index in [1.54, 1.807) is 19.2 Å². The molecule has 0 amide bonds. The summed E-state index contributed by atoms with van der Waals surface area (Å²) in [6.07, 6.45) is -5.37. The van der Waals surface area contributed by atoms with E-state index >= 15 is 0 Å². The number of halogens is 8. The molecular weight excluding hydrogens is 912 g/mol. The first-order valence-corrected chi connectivity index (χ1v) is 22.6. The SMILES string of the molecule is Cn1nc(CS(C)(=O)=O)c2c(Cl)ccc(-c3ccc(C#CC(C)(C)S(=O)(=O)C4CC4)nc3[C@@H](CC(=O)Cn3nc(C(F)F)c(Br)c3C(F)F)Cc3cc(F)cc(F)c3)c21. The first-order chi connectivity index (χ1) is 27.5. The largest absolute Gasteiger partial charge is 0.298 e. The third kappa shape index (κ3) is 9.55. The normalized spacial score (nSPS) is 14.3. The molecule has 1 fully saturated rings. The van der Waals surface area contributed by atoms with Crippen molar-refractivity contribution in [2.24, 2.45) is 7.05 Å². The molecule has 314 valence electrons. The summed E-state index contributed by atoms with van der Waals surface area (Å²) in [5.74, 6) is 1.35. The third-order valence-corrected chi connectivity index (χ3v) is 14.5. The molecule has 0 aliphatic heterocycles. The second-order valence-electron chi connectivity index (χ2n) is 14.9. The molecule has 5 aromatic rings. The molecule has 10 nitrogen and oxygen atoms in total. The summed E-state index contributed by atoms with van der Waals surface area (Å²) in [5, 5.41) is 7.92. The Labute approximate surface area is 349 Å². The highest BCUT2D eigenvalue weighted by molar-refractivity contribution is 9.10. The predicted molar refractivity (Wildman–Crippen MR) is 213 cm³/mol. The van der Waals surface area contributed by atoms with Gasteiger partial charge in [-0.1, -0.05) is 23.6 Å². The number of Topliss-reactive ketones (excluding diaryl/α,β-unsaturated/α-hetero) is 1. The molecular formula is C39H35BrClF6N5O5S2. The second-order valence-corrected chi connectivity index (χ2v) is 21.0. The summed E-state index contributed by atoms with van der Waals surface area (Å²) >= 11 is 9.38. The summed E-state index contributed by atoms with van der Waals surface area (Å²) in [4.78, 5) is 18.7. The van der Waals surface area contributed by atoms with Crippen LogP contribution in [0.25, 0.3) is 22.0 Å². The van der Waals surface area contributed by atoms with Gasteiger partial charge in [0.05, 0.1) is 37.4 Å². The molecule has 3 heterocycles. The van der Waals surface area contributed by atoms with E-state index in [1.807, 2.05) is 0 Å². The molecule has 1 saturated carbocycles. The zero-order chi connectivity index (χ0) is 43.4. The molecule has 0 unspecified atom stereocenters. The lowest BCUT2D eigenvalue weighted by Crippen LogP contribution is -2.33. The monoisotopic (exact) mass is 945 g/mol. The maximum atomic E-state index is 14.6. The van der Waals surface area contributed by atoms with E-state index in [4.69, 9.17) is 16.6 Å². The zero-order valence-corrected chi connectivity index (χ0v) is 35.7. The Hall–Kier alpha value is -4.25. The van der Waals surface area contributed by atoms with Gasteiger partial charge in [0.1, 0.15) is 40.0 Å². The van der Waals surface area contributed by atoms with Crippen molar-refractivity contribution in [2.75, 3.05) is 6.26 Å². The summed E-state index contributed by atoms with van der Waals surface area (Å²) in [6, 6.07) is 8.85. The minimum Gasteiger partial charge on any atom is -0.298 e. The van der Waals surface area contributed by atoms with Crippen molar-refractivity contribution in [3.63, 3.8) is 0 Å². The van der Waals surface area contributed by atoms with Crippen molar-refractivity contribution < 1.29 is 48.0 Å². The smallest absolute Gasteiger partial charge is 0.283 e. The fraction of sp³-hybridized carbons (Fsp3) is 0.385. The molecule has 1 aliphatic carbocycles. The van der Waals surface area contributed by atoms with Gasteiger partial charge >= 0.3 is 0 Å². The standard InChI is InChI=1S/C39H35BrClF6N5O5S2/c1-39(2,59(56,57)26-6-7-26)12-11-24-5-8-27(28-9-10-29(41)31-30(19-58(4,54)55)49-51(3)35(28)31)33(48-24)21(13-20-14-22(42)17-23(43)15-20)16-25(53)18-52-36(38(46)47)32(40)34(50-52)37(44)45/h5,8-10,14-15,17,21,26,37-38H,6-7,13,16,18-19H2,1-4H3/t21-/m1/s1. The fourth-order valence-electron chi connectivity index (χ4n) is 6.92. The quantitative estimate of drug-likeness (QED) is 0.0799. The number of hydrogen-bond donors (Lipinski definition) is 0. The van der Waals surface area contributed by atoms with E-state index in [1.165, 1.54) is 30.7 Å². The molecule has 20 heteroatoms. The van der Waals surface area contributed by atoms with Crippen molar-refractivity contribution in [3.8, 4) is 23.0 Å². The van der Waals surface area contributed by atoms with Gasteiger partial charge in [0.25, 0.3) is 12.9 Å². The Morgan fingerprint density at radius 3 is 2.20 bits per heavy atom. The average Bonchev–Trinajstić information content (AvgIpc) is 3.86. The lowest BCUT2D eigenvalue weighted by molar-refractivity contribution is -0.120. The van der Waals surface area contributed by atoms with Gasteiger partial charge in [-0.2, -0.15) is 10.2 Å². The Bertz CT molecular complexity index is 2760. The number of benzene rings is 2. The number of alkyl halides is 4. The molecule has 0 N–H and O–H groups in total. The number of sulfone groups is 2. The summed E-state index contributed by atoms with van der Waals surface area (Å²) < 4.78 is 136. The van der Waals surface area contributed by atoms with Crippen LogP contribution in [0.2, 0.25) is 5.02 Å². The zero-order valence-electron chi connectivity index (χ0n) is 31.7. The summed E-state index contributed by atoms with van der Waals surface area (Å²) in [7, 11) is -5.72. The molecule has 6 rings (SSSR count). The second kappa shape index (κ2) is 16.7. The van der Waals surface area contributed by atoms with E-state index in [2.05, 4.69) is 38.0 Å².